The molecule has 2 N–H and O–H groups in total. The first-order chi connectivity index (χ1) is 12.5. The molecule has 0 aliphatic carbocycles. The summed E-state index contributed by atoms with van der Waals surface area (Å²) in [5.41, 5.74) is -0.0367. The lowest BCUT2D eigenvalue weighted by Crippen LogP contribution is -2.46. The van der Waals surface area contributed by atoms with E-state index in [1.807, 2.05) is 0 Å². The molecule has 0 spiro atoms. The van der Waals surface area contributed by atoms with Gasteiger partial charge in [-0.15, -0.1) is 12.4 Å². The number of likely N-dealkylation sites (tertiary alicyclic amines) is 1. The minimum Gasteiger partial charge on any atom is -0.354 e. The van der Waals surface area contributed by atoms with Gasteiger partial charge in [-0.3, -0.25) is 9.59 Å². The summed E-state index contributed by atoms with van der Waals surface area (Å²) in [7, 11) is 0. The van der Waals surface area contributed by atoms with Crippen LogP contribution in [0.3, 0.4) is 0 Å². The normalized spacial score (nSPS) is 22.3. The molecule has 27 heavy (non-hydrogen) atoms. The molecule has 5 nitrogen and oxygen atoms in total. The van der Waals surface area contributed by atoms with Crippen LogP contribution in [-0.4, -0.2) is 48.9 Å². The van der Waals surface area contributed by atoms with Crippen LogP contribution in [0.2, 0.25) is 5.02 Å². The summed E-state index contributed by atoms with van der Waals surface area (Å²) in [5, 5.41) is 6.00. The molecule has 2 aliphatic rings. The maximum atomic E-state index is 13.5. The summed E-state index contributed by atoms with van der Waals surface area (Å²) in [5.74, 6) is -2.46. The van der Waals surface area contributed by atoms with E-state index >= 15 is 0 Å². The molecule has 0 bridgehead atoms. The number of nitrogens with one attached hydrogen (secondary N) is 2. The molecule has 0 radical (unpaired) electrons. The molecule has 1 aromatic carbocycles. The van der Waals surface area contributed by atoms with E-state index in [0.717, 1.165) is 44.4 Å². The van der Waals surface area contributed by atoms with Gasteiger partial charge in [0.25, 0.3) is 5.91 Å². The van der Waals surface area contributed by atoms with Gasteiger partial charge in [0, 0.05) is 19.6 Å². The molecule has 1 aromatic rings. The van der Waals surface area contributed by atoms with E-state index in [1.165, 1.54) is 0 Å². The van der Waals surface area contributed by atoms with Crippen LogP contribution in [0.5, 0.6) is 0 Å². The number of carbonyl (C=O) groups excluding carboxylic acids is 2. The Balaban J connectivity index is 0.00000261. The number of nitrogens with zero attached hydrogens (tertiary/aromatic N) is 1. The molecule has 2 heterocycles. The summed E-state index contributed by atoms with van der Waals surface area (Å²) in [6, 6.07) is 1.54. The number of hydrogen-bond acceptors (Lipinski definition) is 3. The fourth-order valence-electron chi connectivity index (χ4n) is 3.55. The van der Waals surface area contributed by atoms with E-state index in [2.05, 4.69) is 10.6 Å². The Morgan fingerprint density at radius 3 is 2.67 bits per heavy atom. The SMILES string of the molecule is Cl.O=C(NCC1CCCN(C(=O)c2cc(F)c(F)cc2Cl)C1)C1CCCN1. The van der Waals surface area contributed by atoms with Crippen LogP contribution in [0.1, 0.15) is 36.0 Å². The third kappa shape index (κ3) is 5.30. The molecule has 2 unspecified atom stereocenters. The fourth-order valence-corrected chi connectivity index (χ4v) is 3.78. The Morgan fingerprint density at radius 1 is 1.22 bits per heavy atom. The predicted octanol–water partition coefficient (Wildman–Crippen LogP) is 2.76. The van der Waals surface area contributed by atoms with E-state index in [0.29, 0.717) is 19.6 Å². The van der Waals surface area contributed by atoms with Gasteiger partial charge in [0.1, 0.15) is 0 Å². The standard InChI is InChI=1S/C18H22ClF2N3O2.ClH/c19-13-8-15(21)14(20)7-12(13)18(26)24-6-2-3-11(10-24)9-23-17(25)16-4-1-5-22-16;/h7-8,11,16,22H,1-6,9-10H2,(H,23,25);1H. The lowest BCUT2D eigenvalue weighted by molar-refractivity contribution is -0.123. The first kappa shape index (κ1) is 21.9. The topological polar surface area (TPSA) is 61.4 Å². The van der Waals surface area contributed by atoms with Crippen LogP contribution in [-0.2, 0) is 4.79 Å². The van der Waals surface area contributed by atoms with Crippen LogP contribution in [0.25, 0.3) is 0 Å². The molecule has 9 heteroatoms. The average Bonchev–Trinajstić information content (AvgIpc) is 3.17. The number of halogens is 4. The van der Waals surface area contributed by atoms with Crippen molar-refractivity contribution in [2.75, 3.05) is 26.2 Å². The largest absolute Gasteiger partial charge is 0.354 e. The second kappa shape index (κ2) is 9.66. The Labute approximate surface area is 168 Å². The molecule has 2 fully saturated rings. The van der Waals surface area contributed by atoms with Gasteiger partial charge in [-0.25, -0.2) is 8.78 Å². The predicted molar refractivity (Wildman–Crippen MR) is 101 cm³/mol. The van der Waals surface area contributed by atoms with Crippen molar-refractivity contribution in [3.8, 4) is 0 Å². The maximum Gasteiger partial charge on any atom is 0.255 e. The van der Waals surface area contributed by atoms with Gasteiger partial charge in [0.2, 0.25) is 5.91 Å². The highest BCUT2D eigenvalue weighted by molar-refractivity contribution is 6.33. The fraction of sp³-hybridized carbons (Fsp3) is 0.556. The molecular formula is C18H23Cl2F2N3O2. The van der Waals surface area contributed by atoms with Crippen molar-refractivity contribution in [3.05, 3.63) is 34.4 Å². The zero-order valence-electron chi connectivity index (χ0n) is 14.8. The molecule has 2 atom stereocenters. The highest BCUT2D eigenvalue weighted by Gasteiger charge is 2.28. The van der Waals surface area contributed by atoms with Crippen molar-refractivity contribution >= 4 is 35.8 Å². The number of benzene rings is 1. The van der Waals surface area contributed by atoms with Gasteiger partial charge in [-0.05, 0) is 50.3 Å². The van der Waals surface area contributed by atoms with Gasteiger partial charge in [0.15, 0.2) is 11.6 Å². The van der Waals surface area contributed by atoms with Crippen LogP contribution in [0.15, 0.2) is 12.1 Å². The van der Waals surface area contributed by atoms with Crippen molar-refractivity contribution in [1.82, 2.24) is 15.5 Å². The maximum absolute atomic E-state index is 13.5. The number of rotatable bonds is 4. The molecule has 0 aromatic heterocycles. The van der Waals surface area contributed by atoms with Crippen LogP contribution >= 0.6 is 24.0 Å². The number of carbonyl (C=O) groups is 2. The summed E-state index contributed by atoms with van der Waals surface area (Å²) >= 11 is 5.91. The highest BCUT2D eigenvalue weighted by atomic mass is 35.5. The summed E-state index contributed by atoms with van der Waals surface area (Å²) in [6.07, 6.45) is 3.53. The lowest BCUT2D eigenvalue weighted by Gasteiger charge is -2.33. The van der Waals surface area contributed by atoms with Gasteiger partial charge < -0.3 is 15.5 Å². The van der Waals surface area contributed by atoms with Gasteiger partial charge >= 0.3 is 0 Å². The Morgan fingerprint density at radius 2 is 1.96 bits per heavy atom. The van der Waals surface area contributed by atoms with Gasteiger partial charge in [0.05, 0.1) is 16.6 Å². The lowest BCUT2D eigenvalue weighted by atomic mass is 9.97. The van der Waals surface area contributed by atoms with Crippen molar-refractivity contribution in [2.24, 2.45) is 5.92 Å². The second-order valence-electron chi connectivity index (χ2n) is 6.90. The smallest absolute Gasteiger partial charge is 0.255 e. The molecule has 2 aliphatic heterocycles. The zero-order valence-corrected chi connectivity index (χ0v) is 16.3. The Hall–Kier alpha value is -1.44. The van der Waals surface area contributed by atoms with E-state index in [4.69, 9.17) is 11.6 Å². The van der Waals surface area contributed by atoms with E-state index in [-0.39, 0.29) is 40.9 Å². The summed E-state index contributed by atoms with van der Waals surface area (Å²) < 4.78 is 26.7. The minimum absolute atomic E-state index is 0. The quantitative estimate of drug-likeness (QED) is 0.734. The van der Waals surface area contributed by atoms with Crippen LogP contribution in [0, 0.1) is 17.6 Å². The number of hydrogen-bond donors (Lipinski definition) is 2. The summed E-state index contributed by atoms with van der Waals surface area (Å²) in [6.45, 7) is 2.33. The molecule has 150 valence electrons. The Bertz CT molecular complexity index is 699. The molecule has 3 rings (SSSR count). The van der Waals surface area contributed by atoms with Crippen molar-refractivity contribution in [3.63, 3.8) is 0 Å². The van der Waals surface area contributed by atoms with Crippen molar-refractivity contribution < 1.29 is 18.4 Å². The van der Waals surface area contributed by atoms with Crippen LogP contribution < -0.4 is 10.6 Å². The third-order valence-electron chi connectivity index (χ3n) is 4.99. The number of piperidine rings is 1. The highest BCUT2D eigenvalue weighted by Crippen LogP contribution is 2.24. The molecular weight excluding hydrogens is 399 g/mol. The third-order valence-corrected chi connectivity index (χ3v) is 5.30. The molecule has 2 amide bonds. The molecule has 0 saturated carbocycles. The second-order valence-corrected chi connectivity index (χ2v) is 7.31. The first-order valence-corrected chi connectivity index (χ1v) is 9.28. The van der Waals surface area contributed by atoms with E-state index < -0.39 is 17.5 Å². The zero-order chi connectivity index (χ0) is 18.7. The van der Waals surface area contributed by atoms with Gasteiger partial charge in [-0.1, -0.05) is 11.6 Å². The number of amides is 2. The first-order valence-electron chi connectivity index (χ1n) is 8.90. The van der Waals surface area contributed by atoms with Crippen molar-refractivity contribution in [1.29, 1.82) is 0 Å². The van der Waals surface area contributed by atoms with Crippen molar-refractivity contribution in [2.45, 2.75) is 31.7 Å². The summed E-state index contributed by atoms with van der Waals surface area (Å²) in [4.78, 5) is 26.3. The molecule has 2 saturated heterocycles. The average molecular weight is 422 g/mol. The van der Waals surface area contributed by atoms with E-state index in [1.54, 1.807) is 4.90 Å². The Kier molecular flexibility index (Phi) is 7.82. The van der Waals surface area contributed by atoms with E-state index in [9.17, 15) is 18.4 Å². The monoisotopic (exact) mass is 421 g/mol. The van der Waals surface area contributed by atoms with Crippen LogP contribution in [0.4, 0.5) is 8.78 Å². The minimum atomic E-state index is -1.09. The van der Waals surface area contributed by atoms with Gasteiger partial charge in [-0.2, -0.15) is 0 Å².